The summed E-state index contributed by atoms with van der Waals surface area (Å²) in [6.45, 7) is 4.93. The van der Waals surface area contributed by atoms with Crippen molar-refractivity contribution in [2.45, 2.75) is 58.9 Å². The van der Waals surface area contributed by atoms with Crippen LogP contribution >= 0.6 is 0 Å². The molecule has 1 fully saturated rings. The van der Waals surface area contributed by atoms with Gasteiger partial charge in [0, 0.05) is 51.5 Å². The molecule has 0 spiro atoms. The van der Waals surface area contributed by atoms with Crippen LogP contribution in [0, 0.1) is 12.8 Å². The van der Waals surface area contributed by atoms with Gasteiger partial charge in [0.05, 0.1) is 0 Å². The van der Waals surface area contributed by atoms with E-state index in [9.17, 15) is 9.59 Å². The van der Waals surface area contributed by atoms with Crippen LogP contribution in [0.2, 0.25) is 0 Å². The fraction of sp³-hybridized carbons (Fsp3) is 0.333. The first-order valence-electron chi connectivity index (χ1n) is 12.3. The fourth-order valence-corrected chi connectivity index (χ4v) is 5.52. The monoisotopic (exact) mass is 437 g/mol. The molecule has 0 radical (unpaired) electrons. The molecule has 3 heteroatoms. The van der Waals surface area contributed by atoms with E-state index in [-0.39, 0.29) is 11.6 Å². The van der Waals surface area contributed by atoms with E-state index in [1.807, 2.05) is 61.5 Å². The van der Waals surface area contributed by atoms with E-state index in [0.717, 1.165) is 57.4 Å². The van der Waals surface area contributed by atoms with E-state index in [1.165, 1.54) is 25.7 Å². The van der Waals surface area contributed by atoms with Crippen molar-refractivity contribution in [1.29, 1.82) is 0 Å². The lowest BCUT2D eigenvalue weighted by Crippen LogP contribution is -2.03. The Morgan fingerprint density at radius 2 is 1.52 bits per heavy atom. The van der Waals surface area contributed by atoms with Crippen LogP contribution in [0.25, 0.3) is 21.8 Å². The minimum absolute atomic E-state index is 0.0381. The molecule has 0 unspecified atom stereocenters. The van der Waals surface area contributed by atoms with Crippen LogP contribution in [0.15, 0.2) is 60.7 Å². The normalized spacial score (nSPS) is 14.4. The molecule has 0 aliphatic heterocycles. The van der Waals surface area contributed by atoms with Gasteiger partial charge in [0.15, 0.2) is 11.6 Å². The van der Waals surface area contributed by atoms with Gasteiger partial charge in [-0.05, 0) is 68.1 Å². The van der Waals surface area contributed by atoms with Crippen molar-refractivity contribution in [2.24, 2.45) is 5.92 Å². The van der Waals surface area contributed by atoms with E-state index in [1.54, 1.807) is 0 Å². The predicted octanol–water partition coefficient (Wildman–Crippen LogP) is 7.51. The zero-order valence-corrected chi connectivity index (χ0v) is 19.6. The summed E-state index contributed by atoms with van der Waals surface area (Å²) in [5.41, 5.74) is 5.40. The second-order valence-electron chi connectivity index (χ2n) is 9.46. The van der Waals surface area contributed by atoms with Crippen molar-refractivity contribution < 1.29 is 9.59 Å². The topological polar surface area (TPSA) is 39.1 Å². The maximum atomic E-state index is 13.2. The Labute approximate surface area is 195 Å². The number of aryl methyl sites for hydroxylation is 2. The lowest BCUT2D eigenvalue weighted by atomic mass is 9.96. The van der Waals surface area contributed by atoms with Crippen molar-refractivity contribution in [3.63, 3.8) is 0 Å². The standard InChI is InChI=1S/C30H31NO2/c1-3-31-27-15-13-22(29(32)17-12-21-9-5-6-10-21)18-25(27)26-19-23(14-16-28(26)31)30(33)24-11-7-4-8-20(24)2/h4,7-8,11,13-16,18-19,21H,3,5-6,9-10,12,17H2,1-2H3. The van der Waals surface area contributed by atoms with Crippen molar-refractivity contribution in [2.75, 3.05) is 0 Å². The second-order valence-corrected chi connectivity index (χ2v) is 9.46. The summed E-state index contributed by atoms with van der Waals surface area (Å²) >= 11 is 0. The molecule has 0 N–H and O–H groups in total. The van der Waals surface area contributed by atoms with Gasteiger partial charge in [-0.25, -0.2) is 0 Å². The lowest BCUT2D eigenvalue weighted by Gasteiger charge is -2.08. The highest BCUT2D eigenvalue weighted by Gasteiger charge is 2.19. The van der Waals surface area contributed by atoms with Crippen LogP contribution in [0.3, 0.4) is 0 Å². The quantitative estimate of drug-likeness (QED) is 0.281. The van der Waals surface area contributed by atoms with Gasteiger partial charge < -0.3 is 4.57 Å². The van der Waals surface area contributed by atoms with Gasteiger partial charge in [0.25, 0.3) is 0 Å². The first-order chi connectivity index (χ1) is 16.1. The average Bonchev–Trinajstić information content (AvgIpc) is 3.47. The number of fused-ring (bicyclic) bond motifs is 3. The zero-order chi connectivity index (χ0) is 22.9. The van der Waals surface area contributed by atoms with Gasteiger partial charge in [-0.1, -0.05) is 49.9 Å². The van der Waals surface area contributed by atoms with E-state index in [0.29, 0.717) is 12.0 Å². The number of carbonyl (C=O) groups excluding carboxylic acids is 2. The highest BCUT2D eigenvalue weighted by molar-refractivity contribution is 6.16. The van der Waals surface area contributed by atoms with Gasteiger partial charge in [-0.15, -0.1) is 0 Å². The van der Waals surface area contributed by atoms with E-state index >= 15 is 0 Å². The third-order valence-electron chi connectivity index (χ3n) is 7.41. The molecule has 0 atom stereocenters. The van der Waals surface area contributed by atoms with Gasteiger partial charge in [-0.3, -0.25) is 9.59 Å². The first-order valence-corrected chi connectivity index (χ1v) is 12.3. The second kappa shape index (κ2) is 8.97. The number of hydrogen-bond acceptors (Lipinski definition) is 2. The number of aromatic nitrogens is 1. The van der Waals surface area contributed by atoms with Crippen molar-refractivity contribution in [1.82, 2.24) is 4.57 Å². The molecule has 1 aromatic heterocycles. The molecule has 1 saturated carbocycles. The van der Waals surface area contributed by atoms with Crippen LogP contribution in [0.1, 0.15) is 77.3 Å². The molecule has 3 aromatic carbocycles. The Hall–Kier alpha value is -3.20. The third kappa shape index (κ3) is 4.01. The molecule has 168 valence electrons. The molecule has 1 aliphatic rings. The average molecular weight is 438 g/mol. The van der Waals surface area contributed by atoms with Gasteiger partial charge in [-0.2, -0.15) is 0 Å². The van der Waals surface area contributed by atoms with Gasteiger partial charge in [0.1, 0.15) is 0 Å². The molecule has 3 nitrogen and oxygen atoms in total. The van der Waals surface area contributed by atoms with Crippen LogP contribution in [-0.4, -0.2) is 16.1 Å². The molecule has 1 heterocycles. The van der Waals surface area contributed by atoms with E-state index in [4.69, 9.17) is 0 Å². The number of carbonyl (C=O) groups is 2. The number of Topliss-reactive ketones (excluding diaryl/α,β-unsaturated/α-hetero) is 1. The van der Waals surface area contributed by atoms with Gasteiger partial charge in [0.2, 0.25) is 0 Å². The van der Waals surface area contributed by atoms with Crippen molar-refractivity contribution in [3.8, 4) is 0 Å². The molecule has 33 heavy (non-hydrogen) atoms. The summed E-state index contributed by atoms with van der Waals surface area (Å²) in [6.07, 6.45) is 6.79. The Morgan fingerprint density at radius 1 is 0.879 bits per heavy atom. The summed E-state index contributed by atoms with van der Waals surface area (Å²) in [5.74, 6) is 0.985. The van der Waals surface area contributed by atoms with Crippen LogP contribution in [0.4, 0.5) is 0 Å². The molecule has 5 rings (SSSR count). The molecule has 0 amide bonds. The number of nitrogens with zero attached hydrogens (tertiary/aromatic N) is 1. The highest BCUT2D eigenvalue weighted by atomic mass is 16.1. The van der Waals surface area contributed by atoms with Crippen LogP contribution in [-0.2, 0) is 6.54 Å². The lowest BCUT2D eigenvalue weighted by molar-refractivity contribution is 0.0973. The maximum absolute atomic E-state index is 13.2. The van der Waals surface area contributed by atoms with E-state index < -0.39 is 0 Å². The smallest absolute Gasteiger partial charge is 0.193 e. The molecule has 0 saturated heterocycles. The summed E-state index contributed by atoms with van der Waals surface area (Å²) < 4.78 is 2.26. The molecular weight excluding hydrogens is 406 g/mol. The van der Waals surface area contributed by atoms with Crippen LogP contribution < -0.4 is 0 Å². The minimum atomic E-state index is 0.0381. The first kappa shape index (κ1) is 21.6. The number of rotatable bonds is 7. The molecular formula is C30H31NO2. The minimum Gasteiger partial charge on any atom is -0.341 e. The summed E-state index contributed by atoms with van der Waals surface area (Å²) in [4.78, 5) is 26.2. The van der Waals surface area contributed by atoms with Crippen molar-refractivity contribution >= 4 is 33.4 Å². The molecule has 0 bridgehead atoms. The Kier molecular flexibility index (Phi) is 5.88. The molecule has 4 aromatic rings. The Balaban J connectivity index is 1.54. The summed E-state index contributed by atoms with van der Waals surface area (Å²) in [5, 5.41) is 2.09. The summed E-state index contributed by atoms with van der Waals surface area (Å²) in [6, 6.07) is 19.8. The van der Waals surface area contributed by atoms with Crippen LogP contribution in [0.5, 0.6) is 0 Å². The zero-order valence-electron chi connectivity index (χ0n) is 19.6. The SMILES string of the molecule is CCn1c2ccc(C(=O)CCC3CCCC3)cc2c2cc(C(=O)c3ccccc3C)ccc21. The third-order valence-corrected chi connectivity index (χ3v) is 7.41. The number of ketones is 2. The highest BCUT2D eigenvalue weighted by Crippen LogP contribution is 2.33. The number of hydrogen-bond donors (Lipinski definition) is 0. The predicted molar refractivity (Wildman–Crippen MR) is 135 cm³/mol. The largest absolute Gasteiger partial charge is 0.341 e. The molecule has 1 aliphatic carbocycles. The number of benzene rings is 3. The van der Waals surface area contributed by atoms with Gasteiger partial charge >= 0.3 is 0 Å². The fourth-order valence-electron chi connectivity index (χ4n) is 5.52. The maximum Gasteiger partial charge on any atom is 0.193 e. The van der Waals surface area contributed by atoms with Crippen molar-refractivity contribution in [3.05, 3.63) is 82.9 Å². The Bertz CT molecular complexity index is 1350. The summed E-state index contributed by atoms with van der Waals surface area (Å²) in [7, 11) is 0. The van der Waals surface area contributed by atoms with E-state index in [2.05, 4.69) is 17.6 Å². The Morgan fingerprint density at radius 3 is 2.18 bits per heavy atom.